The summed E-state index contributed by atoms with van der Waals surface area (Å²) in [6.07, 6.45) is 3.33. The smallest absolute Gasteiger partial charge is 0.128 e. The third kappa shape index (κ3) is 3.93. The van der Waals surface area contributed by atoms with Crippen LogP contribution in [0.4, 0.5) is 5.82 Å². The fourth-order valence-electron chi connectivity index (χ4n) is 2.70. The van der Waals surface area contributed by atoms with Crippen LogP contribution in [0.5, 0.6) is 0 Å². The normalized spacial score (nSPS) is 23.5. The van der Waals surface area contributed by atoms with Crippen molar-refractivity contribution < 1.29 is 9.47 Å². The van der Waals surface area contributed by atoms with Gasteiger partial charge in [0.05, 0.1) is 0 Å². The first-order chi connectivity index (χ1) is 10.2. The zero-order chi connectivity index (χ0) is 15.2. The molecule has 0 amide bonds. The summed E-state index contributed by atoms with van der Waals surface area (Å²) in [6.45, 7) is 7.02. The monoisotopic (exact) mass is 293 g/mol. The molecule has 2 heterocycles. The van der Waals surface area contributed by atoms with Crippen molar-refractivity contribution >= 4 is 5.82 Å². The Morgan fingerprint density at radius 2 is 1.95 bits per heavy atom. The van der Waals surface area contributed by atoms with Crippen LogP contribution in [0.15, 0.2) is 18.3 Å². The van der Waals surface area contributed by atoms with E-state index in [-0.39, 0.29) is 12.2 Å². The van der Waals surface area contributed by atoms with Crippen LogP contribution in [-0.4, -0.2) is 51.0 Å². The predicted octanol–water partition coefficient (Wildman–Crippen LogP) is 1.99. The minimum Gasteiger partial charge on any atom is -0.377 e. The van der Waals surface area contributed by atoms with Gasteiger partial charge in [0.15, 0.2) is 0 Å². The van der Waals surface area contributed by atoms with E-state index >= 15 is 0 Å². The Bertz CT molecular complexity index is 412. The Kier molecular flexibility index (Phi) is 5.96. The summed E-state index contributed by atoms with van der Waals surface area (Å²) in [5.74, 6) is 0.989. The fraction of sp³-hybridized carbons (Fsp3) is 0.688. The lowest BCUT2D eigenvalue weighted by molar-refractivity contribution is -0.00461. The molecule has 0 saturated carbocycles. The van der Waals surface area contributed by atoms with E-state index in [1.165, 1.54) is 5.56 Å². The van der Waals surface area contributed by atoms with E-state index in [1.807, 2.05) is 6.20 Å². The average molecular weight is 293 g/mol. The van der Waals surface area contributed by atoms with Crippen molar-refractivity contribution in [1.29, 1.82) is 0 Å². The standard InChI is InChI=1S/C16H27N3O2/c1-5-8-17-12(2)13-6-7-16(18-9-13)19-10-14(20-3)15(11-19)21-4/h6-7,9,12,14-15,17H,5,8,10-11H2,1-4H3. The number of nitrogens with zero attached hydrogens (tertiary/aromatic N) is 2. The van der Waals surface area contributed by atoms with Gasteiger partial charge in [-0.05, 0) is 31.5 Å². The number of aromatic nitrogens is 1. The van der Waals surface area contributed by atoms with Gasteiger partial charge in [0, 0.05) is 39.5 Å². The van der Waals surface area contributed by atoms with Crippen LogP contribution in [0.25, 0.3) is 0 Å². The minimum atomic E-state index is 0.113. The van der Waals surface area contributed by atoms with Crippen LogP contribution in [0.2, 0.25) is 0 Å². The van der Waals surface area contributed by atoms with Gasteiger partial charge < -0.3 is 19.7 Å². The van der Waals surface area contributed by atoms with Gasteiger partial charge in [0.1, 0.15) is 18.0 Å². The van der Waals surface area contributed by atoms with Crippen LogP contribution in [-0.2, 0) is 9.47 Å². The number of anilines is 1. The summed E-state index contributed by atoms with van der Waals surface area (Å²) in [6, 6.07) is 4.57. The maximum atomic E-state index is 5.47. The van der Waals surface area contributed by atoms with E-state index in [2.05, 4.69) is 41.2 Å². The number of ether oxygens (including phenoxy) is 2. The highest BCUT2D eigenvalue weighted by Gasteiger charge is 2.33. The molecule has 3 unspecified atom stereocenters. The molecule has 0 aromatic carbocycles. The molecule has 0 spiro atoms. The lowest BCUT2D eigenvalue weighted by Gasteiger charge is -2.18. The van der Waals surface area contributed by atoms with Crippen molar-refractivity contribution in [3.05, 3.63) is 23.9 Å². The van der Waals surface area contributed by atoms with Crippen LogP contribution in [0.1, 0.15) is 31.9 Å². The zero-order valence-corrected chi connectivity index (χ0v) is 13.5. The first-order valence-corrected chi connectivity index (χ1v) is 7.69. The molecular formula is C16H27N3O2. The van der Waals surface area contributed by atoms with E-state index < -0.39 is 0 Å². The second kappa shape index (κ2) is 7.73. The third-order valence-electron chi connectivity index (χ3n) is 4.12. The summed E-state index contributed by atoms with van der Waals surface area (Å²) in [5, 5.41) is 3.48. The molecule has 1 aromatic heterocycles. The number of rotatable bonds is 7. The van der Waals surface area contributed by atoms with Crippen molar-refractivity contribution in [2.24, 2.45) is 0 Å². The molecule has 0 radical (unpaired) electrons. The van der Waals surface area contributed by atoms with Crippen molar-refractivity contribution in [1.82, 2.24) is 10.3 Å². The minimum absolute atomic E-state index is 0.113. The molecular weight excluding hydrogens is 266 g/mol. The molecule has 1 N–H and O–H groups in total. The molecule has 1 fully saturated rings. The van der Waals surface area contributed by atoms with Crippen LogP contribution >= 0.6 is 0 Å². The molecule has 21 heavy (non-hydrogen) atoms. The highest BCUT2D eigenvalue weighted by atomic mass is 16.5. The Balaban J connectivity index is 1.99. The molecule has 5 nitrogen and oxygen atoms in total. The Morgan fingerprint density at radius 3 is 2.43 bits per heavy atom. The summed E-state index contributed by atoms with van der Waals surface area (Å²) < 4.78 is 10.9. The predicted molar refractivity (Wildman–Crippen MR) is 84.8 cm³/mol. The van der Waals surface area contributed by atoms with Gasteiger partial charge in [0.25, 0.3) is 0 Å². The molecule has 1 aliphatic rings. The van der Waals surface area contributed by atoms with Crippen molar-refractivity contribution in [2.75, 3.05) is 38.8 Å². The molecule has 0 aliphatic carbocycles. The molecule has 0 bridgehead atoms. The van der Waals surface area contributed by atoms with E-state index in [1.54, 1.807) is 14.2 Å². The van der Waals surface area contributed by atoms with E-state index in [4.69, 9.17) is 9.47 Å². The maximum absolute atomic E-state index is 5.47. The molecule has 5 heteroatoms. The molecule has 2 rings (SSSR count). The van der Waals surface area contributed by atoms with Crippen molar-refractivity contribution in [2.45, 2.75) is 38.5 Å². The largest absolute Gasteiger partial charge is 0.377 e. The fourth-order valence-corrected chi connectivity index (χ4v) is 2.70. The number of nitrogens with one attached hydrogen (secondary N) is 1. The van der Waals surface area contributed by atoms with Gasteiger partial charge in [-0.15, -0.1) is 0 Å². The quantitative estimate of drug-likeness (QED) is 0.833. The van der Waals surface area contributed by atoms with E-state index in [0.29, 0.717) is 6.04 Å². The molecule has 1 aliphatic heterocycles. The topological polar surface area (TPSA) is 46.6 Å². The van der Waals surface area contributed by atoms with Crippen LogP contribution in [0.3, 0.4) is 0 Å². The van der Waals surface area contributed by atoms with Crippen LogP contribution < -0.4 is 10.2 Å². The summed E-state index contributed by atoms with van der Waals surface area (Å²) in [5.41, 5.74) is 1.22. The number of hydrogen-bond donors (Lipinski definition) is 1. The van der Waals surface area contributed by atoms with Gasteiger partial charge in [-0.25, -0.2) is 4.98 Å². The van der Waals surface area contributed by atoms with Crippen molar-refractivity contribution in [3.8, 4) is 0 Å². The number of methoxy groups -OCH3 is 2. The SMILES string of the molecule is CCCNC(C)c1ccc(N2CC(OC)C(OC)C2)nc1. The third-order valence-corrected chi connectivity index (χ3v) is 4.12. The van der Waals surface area contributed by atoms with Gasteiger partial charge >= 0.3 is 0 Å². The first-order valence-electron chi connectivity index (χ1n) is 7.69. The first kappa shape index (κ1) is 16.2. The molecule has 1 saturated heterocycles. The Hall–Kier alpha value is -1.17. The Labute approximate surface area is 127 Å². The van der Waals surface area contributed by atoms with Crippen molar-refractivity contribution in [3.63, 3.8) is 0 Å². The van der Waals surface area contributed by atoms with Gasteiger partial charge in [-0.2, -0.15) is 0 Å². The highest BCUT2D eigenvalue weighted by molar-refractivity contribution is 5.42. The van der Waals surface area contributed by atoms with Gasteiger partial charge in [0.2, 0.25) is 0 Å². The summed E-state index contributed by atoms with van der Waals surface area (Å²) >= 11 is 0. The summed E-state index contributed by atoms with van der Waals surface area (Å²) in [4.78, 5) is 6.82. The van der Waals surface area contributed by atoms with E-state index in [0.717, 1.165) is 31.9 Å². The maximum Gasteiger partial charge on any atom is 0.128 e. The Morgan fingerprint density at radius 1 is 1.29 bits per heavy atom. The molecule has 118 valence electrons. The summed E-state index contributed by atoms with van der Waals surface area (Å²) in [7, 11) is 3.47. The lowest BCUT2D eigenvalue weighted by atomic mass is 10.1. The second-order valence-electron chi connectivity index (χ2n) is 5.58. The molecule has 1 aromatic rings. The van der Waals surface area contributed by atoms with E-state index in [9.17, 15) is 0 Å². The highest BCUT2D eigenvalue weighted by Crippen LogP contribution is 2.23. The second-order valence-corrected chi connectivity index (χ2v) is 5.58. The molecule has 3 atom stereocenters. The lowest BCUT2D eigenvalue weighted by Crippen LogP contribution is -2.27. The number of hydrogen-bond acceptors (Lipinski definition) is 5. The van der Waals surface area contributed by atoms with Gasteiger partial charge in [-0.3, -0.25) is 0 Å². The number of pyridine rings is 1. The van der Waals surface area contributed by atoms with Crippen LogP contribution in [0, 0.1) is 0 Å². The van der Waals surface area contributed by atoms with Gasteiger partial charge in [-0.1, -0.05) is 13.0 Å². The average Bonchev–Trinajstić information content (AvgIpc) is 2.96. The zero-order valence-electron chi connectivity index (χ0n) is 13.5.